The van der Waals surface area contributed by atoms with Gasteiger partial charge in [0.1, 0.15) is 36.0 Å². The van der Waals surface area contributed by atoms with Crippen molar-refractivity contribution in [3.05, 3.63) is 29.8 Å². The van der Waals surface area contributed by atoms with Gasteiger partial charge in [-0.3, -0.25) is 34.0 Å². The minimum absolute atomic E-state index is 0.0105. The van der Waals surface area contributed by atoms with Gasteiger partial charge in [0.05, 0.1) is 6.04 Å². The number of benzene rings is 1. The number of carboxylic acids is 1. The number of amides is 5. The van der Waals surface area contributed by atoms with E-state index in [0.717, 1.165) is 0 Å². The summed E-state index contributed by atoms with van der Waals surface area (Å²) in [5.74, 6) is -5.06. The van der Waals surface area contributed by atoms with Crippen LogP contribution in [-0.4, -0.2) is 118 Å². The summed E-state index contributed by atoms with van der Waals surface area (Å²) < 4.78 is 0. The van der Waals surface area contributed by atoms with Crippen molar-refractivity contribution in [2.45, 2.75) is 122 Å². The van der Waals surface area contributed by atoms with E-state index < -0.39 is 77.7 Å². The van der Waals surface area contributed by atoms with Crippen molar-refractivity contribution in [2.75, 3.05) is 19.6 Å². The quantitative estimate of drug-likeness (QED) is 0.0321. The molecule has 0 radical (unpaired) electrons. The Labute approximate surface area is 339 Å². The van der Waals surface area contributed by atoms with Gasteiger partial charge in [0.25, 0.3) is 0 Å². The number of nitrogens with two attached hydrogens (primary N) is 5. The number of guanidine groups is 2. The maximum absolute atomic E-state index is 14.1. The van der Waals surface area contributed by atoms with Crippen LogP contribution in [0.25, 0.3) is 0 Å². The lowest BCUT2D eigenvalue weighted by Gasteiger charge is -2.31. The van der Waals surface area contributed by atoms with Gasteiger partial charge in [-0.15, -0.1) is 0 Å². The summed E-state index contributed by atoms with van der Waals surface area (Å²) in [4.78, 5) is 90.1. The molecule has 1 aliphatic rings. The molecule has 1 aromatic rings. The lowest BCUT2D eigenvalue weighted by Crippen LogP contribution is -2.60. The van der Waals surface area contributed by atoms with Crippen LogP contribution in [0.15, 0.2) is 34.3 Å². The van der Waals surface area contributed by atoms with Crippen molar-refractivity contribution < 1.29 is 39.0 Å². The first-order chi connectivity index (χ1) is 27.3. The molecule has 324 valence electrons. The summed E-state index contributed by atoms with van der Waals surface area (Å²) in [6.07, 6.45) is 2.36. The van der Waals surface area contributed by atoms with E-state index in [1.165, 1.54) is 17.0 Å². The fourth-order valence-corrected chi connectivity index (χ4v) is 6.45. The first-order valence-electron chi connectivity index (χ1n) is 19.7. The number of phenols is 1. The molecule has 1 fully saturated rings. The Kier molecular flexibility index (Phi) is 20.2. The van der Waals surface area contributed by atoms with Crippen molar-refractivity contribution in [2.24, 2.45) is 50.5 Å². The molecule has 20 heteroatoms. The van der Waals surface area contributed by atoms with Crippen LogP contribution in [0.4, 0.5) is 0 Å². The van der Waals surface area contributed by atoms with E-state index in [9.17, 15) is 39.0 Å². The highest BCUT2D eigenvalue weighted by atomic mass is 16.4. The van der Waals surface area contributed by atoms with Gasteiger partial charge < -0.3 is 65.0 Å². The molecule has 7 atom stereocenters. The number of carboxylic acid groups (broad SMARTS) is 1. The molecule has 5 amide bonds. The van der Waals surface area contributed by atoms with E-state index in [0.29, 0.717) is 31.2 Å². The second kappa shape index (κ2) is 24.2. The second-order valence-electron chi connectivity index (χ2n) is 15.1. The van der Waals surface area contributed by atoms with E-state index in [-0.39, 0.29) is 75.3 Å². The van der Waals surface area contributed by atoms with Gasteiger partial charge in [-0.2, -0.15) is 0 Å². The SMILES string of the molecule is CC[C@H](C)[C@H](NC(=O)[C@H](Cc1ccc(O)cc1)NC(=O)[C@@H]1CCCN1C(=O)[C@H](CCCN=C(N)N)NC(=O)[C@@H](N)CCCN=C(N)N)C(=O)NC(CC(C)C)C(=O)O. The van der Waals surface area contributed by atoms with E-state index in [4.69, 9.17) is 28.7 Å². The number of likely N-dealkylation sites (tertiary alicyclic amines) is 1. The Bertz CT molecular complexity index is 1600. The van der Waals surface area contributed by atoms with E-state index in [1.54, 1.807) is 19.1 Å². The Morgan fingerprint density at radius 2 is 1.40 bits per heavy atom. The molecule has 1 saturated heterocycles. The largest absolute Gasteiger partial charge is 0.508 e. The standard InChI is InChI=1S/C38H64N12O8/c1-5-22(4)30(34(55)48-28(36(57)58)19-21(2)3)49-32(53)27(20-23-12-14-24(51)15-13-23)47-33(54)29-11-8-18-50(29)35(56)26(10-7-17-45-38(42)43)46-31(52)25(39)9-6-16-44-37(40)41/h12-15,21-22,25-30,51H,5-11,16-20,39H2,1-4H3,(H,46,52)(H,47,54)(H,48,55)(H,49,53)(H,57,58)(H4,40,41,44)(H4,42,43,45)/t22-,25-,26-,27-,28?,29-,30-/m0/s1. The number of hydrogen-bond acceptors (Lipinski definition) is 10. The first kappa shape index (κ1) is 48.5. The lowest BCUT2D eigenvalue weighted by atomic mass is 9.96. The molecule has 20 nitrogen and oxygen atoms in total. The highest BCUT2D eigenvalue weighted by molar-refractivity contribution is 5.96. The van der Waals surface area contributed by atoms with Gasteiger partial charge in [0, 0.05) is 26.1 Å². The Morgan fingerprint density at radius 1 is 0.810 bits per heavy atom. The monoisotopic (exact) mass is 816 g/mol. The Hall–Kier alpha value is -5.66. The molecule has 1 unspecified atom stereocenters. The third-order valence-corrected chi connectivity index (χ3v) is 9.83. The van der Waals surface area contributed by atoms with Crippen LogP contribution < -0.4 is 49.9 Å². The molecule has 0 aliphatic carbocycles. The summed E-state index contributed by atoms with van der Waals surface area (Å²) in [7, 11) is 0. The van der Waals surface area contributed by atoms with Gasteiger partial charge in [-0.25, -0.2) is 4.79 Å². The second-order valence-corrected chi connectivity index (χ2v) is 15.1. The smallest absolute Gasteiger partial charge is 0.326 e. The van der Waals surface area contributed by atoms with Crippen molar-refractivity contribution in [1.29, 1.82) is 0 Å². The molecule has 0 spiro atoms. The number of nitrogens with one attached hydrogen (secondary N) is 4. The van der Waals surface area contributed by atoms with Crippen LogP contribution in [0.2, 0.25) is 0 Å². The van der Waals surface area contributed by atoms with Gasteiger partial charge in [-0.1, -0.05) is 46.2 Å². The van der Waals surface area contributed by atoms with Crippen molar-refractivity contribution >= 4 is 47.4 Å². The zero-order valence-corrected chi connectivity index (χ0v) is 34.0. The van der Waals surface area contributed by atoms with Crippen LogP contribution in [0.3, 0.4) is 0 Å². The maximum atomic E-state index is 14.1. The molecule has 2 rings (SSSR count). The number of carbonyl (C=O) groups excluding carboxylic acids is 5. The number of aliphatic carboxylic acids is 1. The molecule has 16 N–H and O–H groups in total. The topological polar surface area (TPSA) is 349 Å². The zero-order chi connectivity index (χ0) is 43.5. The zero-order valence-electron chi connectivity index (χ0n) is 34.0. The van der Waals surface area contributed by atoms with Gasteiger partial charge in [-0.05, 0) is 74.5 Å². The number of nitrogens with zero attached hydrogens (tertiary/aromatic N) is 3. The molecular weight excluding hydrogens is 752 g/mol. The summed E-state index contributed by atoms with van der Waals surface area (Å²) in [6.45, 7) is 7.84. The third-order valence-electron chi connectivity index (χ3n) is 9.83. The highest BCUT2D eigenvalue weighted by Gasteiger charge is 2.40. The van der Waals surface area contributed by atoms with Crippen molar-refractivity contribution in [3.8, 4) is 5.75 Å². The number of aromatic hydroxyl groups is 1. The van der Waals surface area contributed by atoms with Crippen LogP contribution in [0, 0.1) is 11.8 Å². The normalized spacial score (nSPS) is 16.8. The fourth-order valence-electron chi connectivity index (χ4n) is 6.45. The maximum Gasteiger partial charge on any atom is 0.326 e. The van der Waals surface area contributed by atoms with Gasteiger partial charge >= 0.3 is 5.97 Å². The van der Waals surface area contributed by atoms with E-state index in [1.807, 2.05) is 20.8 Å². The van der Waals surface area contributed by atoms with Crippen molar-refractivity contribution in [3.63, 3.8) is 0 Å². The summed E-state index contributed by atoms with van der Waals surface area (Å²) in [5.41, 5.74) is 28.3. The Balaban J connectivity index is 2.36. The minimum atomic E-state index is -1.26. The average Bonchev–Trinajstić information content (AvgIpc) is 3.66. The van der Waals surface area contributed by atoms with Crippen LogP contribution in [0.5, 0.6) is 5.75 Å². The predicted molar refractivity (Wildman–Crippen MR) is 219 cm³/mol. The number of rotatable bonds is 24. The molecule has 1 aromatic carbocycles. The molecule has 1 heterocycles. The number of hydrogen-bond donors (Lipinski definition) is 11. The van der Waals surface area contributed by atoms with E-state index >= 15 is 0 Å². The lowest BCUT2D eigenvalue weighted by molar-refractivity contribution is -0.143. The van der Waals surface area contributed by atoms with Crippen LogP contribution in [0.1, 0.15) is 84.6 Å². The molecule has 0 bridgehead atoms. The van der Waals surface area contributed by atoms with Crippen molar-refractivity contribution in [1.82, 2.24) is 26.2 Å². The molecule has 0 aromatic heterocycles. The average molecular weight is 817 g/mol. The summed E-state index contributed by atoms with van der Waals surface area (Å²) in [6, 6.07) is -0.652. The first-order valence-corrected chi connectivity index (χ1v) is 19.7. The van der Waals surface area contributed by atoms with Gasteiger partial charge in [0.2, 0.25) is 29.5 Å². The Morgan fingerprint density at radius 3 is 1.95 bits per heavy atom. The van der Waals surface area contributed by atoms with E-state index in [2.05, 4.69) is 31.3 Å². The molecular formula is C38H64N12O8. The van der Waals surface area contributed by atoms with Crippen LogP contribution in [-0.2, 0) is 35.2 Å². The van der Waals surface area contributed by atoms with Crippen LogP contribution >= 0.6 is 0 Å². The minimum Gasteiger partial charge on any atom is -0.508 e. The third kappa shape index (κ3) is 16.4. The molecule has 0 saturated carbocycles. The molecule has 58 heavy (non-hydrogen) atoms. The summed E-state index contributed by atoms with van der Waals surface area (Å²) >= 11 is 0. The highest BCUT2D eigenvalue weighted by Crippen LogP contribution is 2.21. The summed E-state index contributed by atoms with van der Waals surface area (Å²) in [5, 5.41) is 30.4. The number of phenolic OH excluding ortho intramolecular Hbond substituents is 1. The number of carbonyl (C=O) groups is 6. The van der Waals surface area contributed by atoms with Gasteiger partial charge in [0.15, 0.2) is 11.9 Å². The number of aliphatic imine (C=N–C) groups is 2. The predicted octanol–water partition coefficient (Wildman–Crippen LogP) is -1.52. The molecule has 1 aliphatic heterocycles. The fraction of sp³-hybridized carbons (Fsp3) is 0.632.